The van der Waals surface area contributed by atoms with Crippen molar-refractivity contribution >= 4 is 5.97 Å². The summed E-state index contributed by atoms with van der Waals surface area (Å²) in [6.45, 7) is 2.31. The van der Waals surface area contributed by atoms with Crippen molar-refractivity contribution in [1.29, 1.82) is 0 Å². The van der Waals surface area contributed by atoms with Gasteiger partial charge in [0.15, 0.2) is 0 Å². The predicted molar refractivity (Wildman–Crippen MR) is 78.8 cm³/mol. The zero-order chi connectivity index (χ0) is 14.4. The van der Waals surface area contributed by atoms with Crippen LogP contribution in [0.15, 0.2) is 24.3 Å². The first-order valence-electron chi connectivity index (χ1n) is 7.50. The summed E-state index contributed by atoms with van der Waals surface area (Å²) in [7, 11) is 1.42. The third-order valence-electron chi connectivity index (χ3n) is 4.03. The fourth-order valence-corrected chi connectivity index (χ4v) is 2.62. The third-order valence-corrected chi connectivity index (χ3v) is 4.03. The standard InChI is InChI=1S/C17H24O3/c1-13-3-8-15(9-4-13)20-16-10-5-14(6-11-16)7-12-17(18)19-2/h5-6,10-11,13,15H,3-4,7-9,12H2,1-2H3. The number of aryl methyl sites for hydroxylation is 1. The Balaban J connectivity index is 1.80. The quantitative estimate of drug-likeness (QED) is 0.768. The molecule has 3 heteroatoms. The molecular formula is C17H24O3. The molecule has 0 heterocycles. The van der Waals surface area contributed by atoms with Crippen LogP contribution in [0.25, 0.3) is 0 Å². The fraction of sp³-hybridized carbons (Fsp3) is 0.588. The number of carbonyl (C=O) groups is 1. The number of hydrogen-bond donors (Lipinski definition) is 0. The van der Waals surface area contributed by atoms with E-state index in [1.807, 2.05) is 24.3 Å². The van der Waals surface area contributed by atoms with Crippen LogP contribution in [0.1, 0.15) is 44.6 Å². The highest BCUT2D eigenvalue weighted by molar-refractivity contribution is 5.69. The van der Waals surface area contributed by atoms with E-state index in [4.69, 9.17) is 4.74 Å². The summed E-state index contributed by atoms with van der Waals surface area (Å²) in [5, 5.41) is 0. The number of esters is 1. The zero-order valence-electron chi connectivity index (χ0n) is 12.4. The number of ether oxygens (including phenoxy) is 2. The van der Waals surface area contributed by atoms with Crippen molar-refractivity contribution in [3.63, 3.8) is 0 Å². The normalized spacial score (nSPS) is 22.3. The molecule has 0 atom stereocenters. The Kier molecular flexibility index (Phi) is 5.45. The SMILES string of the molecule is COC(=O)CCc1ccc(OC2CCC(C)CC2)cc1. The van der Waals surface area contributed by atoms with Crippen LogP contribution in [0.3, 0.4) is 0 Å². The van der Waals surface area contributed by atoms with Crippen LogP contribution < -0.4 is 4.74 Å². The second kappa shape index (κ2) is 7.32. The summed E-state index contributed by atoms with van der Waals surface area (Å²) in [4.78, 5) is 11.1. The lowest BCUT2D eigenvalue weighted by Crippen LogP contribution is -2.22. The number of hydrogen-bond acceptors (Lipinski definition) is 3. The summed E-state index contributed by atoms with van der Waals surface area (Å²) in [5.74, 6) is 1.61. The first kappa shape index (κ1) is 14.9. The Labute approximate surface area is 121 Å². The van der Waals surface area contributed by atoms with Crippen LogP contribution in [0.2, 0.25) is 0 Å². The van der Waals surface area contributed by atoms with Gasteiger partial charge in [0.25, 0.3) is 0 Å². The third kappa shape index (κ3) is 4.55. The monoisotopic (exact) mass is 276 g/mol. The van der Waals surface area contributed by atoms with Crippen molar-refractivity contribution in [1.82, 2.24) is 0 Å². The lowest BCUT2D eigenvalue weighted by atomic mass is 9.89. The Morgan fingerprint density at radius 1 is 1.15 bits per heavy atom. The van der Waals surface area contributed by atoms with Crippen LogP contribution in [0, 0.1) is 5.92 Å². The second-order valence-electron chi connectivity index (χ2n) is 5.72. The highest BCUT2D eigenvalue weighted by Gasteiger charge is 2.19. The van der Waals surface area contributed by atoms with Gasteiger partial charge in [0.2, 0.25) is 0 Å². The van der Waals surface area contributed by atoms with E-state index >= 15 is 0 Å². The van der Waals surface area contributed by atoms with E-state index in [1.165, 1.54) is 20.0 Å². The van der Waals surface area contributed by atoms with Gasteiger partial charge in [-0.25, -0.2) is 0 Å². The van der Waals surface area contributed by atoms with Gasteiger partial charge in [-0.05, 0) is 55.7 Å². The smallest absolute Gasteiger partial charge is 0.305 e. The molecule has 1 aliphatic carbocycles. The number of rotatable bonds is 5. The summed E-state index contributed by atoms with van der Waals surface area (Å²) in [5.41, 5.74) is 1.14. The van der Waals surface area contributed by atoms with Crippen LogP contribution in [0.4, 0.5) is 0 Å². The molecule has 0 spiro atoms. The lowest BCUT2D eigenvalue weighted by Gasteiger charge is -2.26. The van der Waals surface area contributed by atoms with Gasteiger partial charge >= 0.3 is 5.97 Å². The van der Waals surface area contributed by atoms with Crippen molar-refractivity contribution in [3.05, 3.63) is 29.8 Å². The maximum absolute atomic E-state index is 11.1. The summed E-state index contributed by atoms with van der Waals surface area (Å²) >= 11 is 0. The fourth-order valence-electron chi connectivity index (χ4n) is 2.62. The molecule has 0 N–H and O–H groups in total. The first-order valence-corrected chi connectivity index (χ1v) is 7.50. The number of methoxy groups -OCH3 is 1. The Bertz CT molecular complexity index is 416. The molecule has 0 radical (unpaired) electrons. The van der Waals surface area contributed by atoms with Crippen molar-refractivity contribution < 1.29 is 14.3 Å². The molecule has 20 heavy (non-hydrogen) atoms. The minimum Gasteiger partial charge on any atom is -0.490 e. The zero-order valence-corrected chi connectivity index (χ0v) is 12.4. The molecule has 0 unspecified atom stereocenters. The van der Waals surface area contributed by atoms with Gasteiger partial charge in [0.05, 0.1) is 13.2 Å². The molecule has 0 amide bonds. The van der Waals surface area contributed by atoms with Crippen LogP contribution in [-0.4, -0.2) is 19.2 Å². The molecule has 1 saturated carbocycles. The van der Waals surface area contributed by atoms with Gasteiger partial charge in [0, 0.05) is 6.42 Å². The molecule has 110 valence electrons. The molecule has 0 saturated heterocycles. The summed E-state index contributed by atoms with van der Waals surface area (Å²) in [6, 6.07) is 8.07. The van der Waals surface area contributed by atoms with Crippen LogP contribution in [0.5, 0.6) is 5.75 Å². The van der Waals surface area contributed by atoms with E-state index in [9.17, 15) is 4.79 Å². The molecule has 0 aliphatic heterocycles. The summed E-state index contributed by atoms with van der Waals surface area (Å²) < 4.78 is 10.7. The topological polar surface area (TPSA) is 35.5 Å². The molecule has 0 bridgehead atoms. The molecule has 0 aromatic heterocycles. The van der Waals surface area contributed by atoms with Gasteiger partial charge in [-0.15, -0.1) is 0 Å². The van der Waals surface area contributed by atoms with E-state index in [2.05, 4.69) is 11.7 Å². The minimum absolute atomic E-state index is 0.165. The van der Waals surface area contributed by atoms with Gasteiger partial charge < -0.3 is 9.47 Å². The van der Waals surface area contributed by atoms with Crippen LogP contribution >= 0.6 is 0 Å². The van der Waals surface area contributed by atoms with Gasteiger partial charge in [0.1, 0.15) is 5.75 Å². The van der Waals surface area contributed by atoms with E-state index in [0.29, 0.717) is 18.9 Å². The van der Waals surface area contributed by atoms with Gasteiger partial charge in [-0.2, -0.15) is 0 Å². The van der Waals surface area contributed by atoms with Crippen molar-refractivity contribution in [2.75, 3.05) is 7.11 Å². The van der Waals surface area contributed by atoms with Gasteiger partial charge in [-0.3, -0.25) is 4.79 Å². The Morgan fingerprint density at radius 2 is 1.80 bits per heavy atom. The number of carbonyl (C=O) groups excluding carboxylic acids is 1. The molecule has 1 fully saturated rings. The van der Waals surface area contributed by atoms with Crippen LogP contribution in [-0.2, 0) is 16.0 Å². The maximum atomic E-state index is 11.1. The first-order chi connectivity index (χ1) is 9.67. The molecule has 2 rings (SSSR count). The molecule has 1 aromatic rings. The Morgan fingerprint density at radius 3 is 2.40 bits per heavy atom. The van der Waals surface area contributed by atoms with Crippen molar-refractivity contribution in [3.8, 4) is 5.75 Å². The molecule has 3 nitrogen and oxygen atoms in total. The minimum atomic E-state index is -0.165. The maximum Gasteiger partial charge on any atom is 0.305 e. The van der Waals surface area contributed by atoms with Crippen molar-refractivity contribution in [2.45, 2.75) is 51.6 Å². The molecule has 1 aromatic carbocycles. The van der Waals surface area contributed by atoms with Crippen molar-refractivity contribution in [2.24, 2.45) is 5.92 Å². The second-order valence-corrected chi connectivity index (χ2v) is 5.72. The molecule has 1 aliphatic rings. The summed E-state index contributed by atoms with van der Waals surface area (Å²) in [6.07, 6.45) is 6.36. The largest absolute Gasteiger partial charge is 0.490 e. The number of benzene rings is 1. The Hall–Kier alpha value is -1.51. The highest BCUT2D eigenvalue weighted by atomic mass is 16.5. The predicted octanol–water partition coefficient (Wildman–Crippen LogP) is 3.75. The lowest BCUT2D eigenvalue weighted by molar-refractivity contribution is -0.140. The van der Waals surface area contributed by atoms with E-state index < -0.39 is 0 Å². The average molecular weight is 276 g/mol. The average Bonchev–Trinajstić information content (AvgIpc) is 2.48. The highest BCUT2D eigenvalue weighted by Crippen LogP contribution is 2.27. The molecular weight excluding hydrogens is 252 g/mol. The van der Waals surface area contributed by atoms with E-state index in [1.54, 1.807) is 0 Å². The van der Waals surface area contributed by atoms with Gasteiger partial charge in [-0.1, -0.05) is 19.1 Å². The van der Waals surface area contributed by atoms with E-state index in [-0.39, 0.29) is 5.97 Å². The van der Waals surface area contributed by atoms with E-state index in [0.717, 1.165) is 30.1 Å².